The fourth-order valence-corrected chi connectivity index (χ4v) is 3.33. The molecule has 2 heterocycles. The summed E-state index contributed by atoms with van der Waals surface area (Å²) in [4.78, 5) is 12.9. The molecule has 0 unspecified atom stereocenters. The molecule has 0 bridgehead atoms. The van der Waals surface area contributed by atoms with E-state index in [1.807, 2.05) is 42.5 Å². The van der Waals surface area contributed by atoms with Crippen LogP contribution >= 0.6 is 0 Å². The second-order valence-corrected chi connectivity index (χ2v) is 6.74. The molecule has 0 saturated heterocycles. The van der Waals surface area contributed by atoms with E-state index in [1.54, 1.807) is 41.1 Å². The summed E-state index contributed by atoms with van der Waals surface area (Å²) in [7, 11) is 0. The molecule has 0 saturated carbocycles. The second-order valence-electron chi connectivity index (χ2n) is 6.74. The number of nitrogens with zero attached hydrogens (tertiary/aromatic N) is 2. The van der Waals surface area contributed by atoms with Gasteiger partial charge in [-0.15, -0.1) is 0 Å². The minimum Gasteiger partial charge on any atom is -0.842 e. The maximum Gasteiger partial charge on any atom is 0.345 e. The molecule has 0 fully saturated rings. The first kappa shape index (κ1) is 18.6. The lowest BCUT2D eigenvalue weighted by molar-refractivity contribution is -0.708. The molecule has 0 aliphatic heterocycles. The predicted octanol–water partition coefficient (Wildman–Crippen LogP) is 3.10. The number of hydrogen-bond acceptors (Lipinski definition) is 2. The molecular weight excluding hydrogens is 367 g/mol. The Morgan fingerprint density at radius 2 is 1.69 bits per heavy atom. The molecule has 0 N–H and O–H groups in total. The number of aromatic nitrogens is 2. The lowest BCUT2D eigenvalue weighted by Gasteiger charge is -2.16. The molecule has 0 aliphatic rings. The van der Waals surface area contributed by atoms with Crippen LogP contribution in [0.1, 0.15) is 16.7 Å². The molecule has 0 radical (unpaired) electrons. The van der Waals surface area contributed by atoms with E-state index in [1.165, 1.54) is 16.5 Å². The van der Waals surface area contributed by atoms with Crippen molar-refractivity contribution in [2.24, 2.45) is 0 Å². The zero-order valence-electron chi connectivity index (χ0n) is 15.7. The maximum absolute atomic E-state index is 13.2. The van der Waals surface area contributed by atoms with Crippen LogP contribution in [0.2, 0.25) is 0 Å². The molecular formula is C24H19FN2O2. The molecule has 4 rings (SSSR count). The fourth-order valence-electron chi connectivity index (χ4n) is 3.33. The van der Waals surface area contributed by atoms with Crippen LogP contribution in [0.25, 0.3) is 11.7 Å². The van der Waals surface area contributed by atoms with E-state index in [0.29, 0.717) is 12.2 Å². The third-order valence-corrected chi connectivity index (χ3v) is 4.79. The van der Waals surface area contributed by atoms with Gasteiger partial charge in [-0.1, -0.05) is 54.6 Å². The van der Waals surface area contributed by atoms with Crippen LogP contribution < -0.4 is 15.2 Å². The Labute approximate surface area is 167 Å². The van der Waals surface area contributed by atoms with Crippen LogP contribution in [0.3, 0.4) is 0 Å². The van der Waals surface area contributed by atoms with Crippen molar-refractivity contribution >= 4 is 11.7 Å². The Balaban J connectivity index is 1.76. The Kier molecular flexibility index (Phi) is 5.20. The number of benzene rings is 2. The second kappa shape index (κ2) is 8.10. The highest BCUT2D eigenvalue weighted by Crippen LogP contribution is 2.13. The van der Waals surface area contributed by atoms with Gasteiger partial charge in [0.05, 0.1) is 17.6 Å². The summed E-state index contributed by atoms with van der Waals surface area (Å²) in [5.41, 5.74) is 2.21. The van der Waals surface area contributed by atoms with Gasteiger partial charge < -0.3 is 5.11 Å². The van der Waals surface area contributed by atoms with Crippen LogP contribution in [-0.4, -0.2) is 4.40 Å². The molecule has 4 aromatic rings. The predicted molar refractivity (Wildman–Crippen MR) is 108 cm³/mol. The topological polar surface area (TPSA) is 48.4 Å². The summed E-state index contributed by atoms with van der Waals surface area (Å²) in [6, 6.07) is 20.9. The highest BCUT2D eigenvalue weighted by atomic mass is 19.1. The normalized spacial score (nSPS) is 11.3. The third kappa shape index (κ3) is 3.94. The number of pyridine rings is 1. The number of fused-ring (bicyclic) bond motifs is 1. The SMILES string of the molecule is O=c1c(Cc2ccccc2)c([O-])[n+](C/C=C/c2ccc(F)cc2)c2ccccn12. The maximum atomic E-state index is 13.2. The van der Waals surface area contributed by atoms with Gasteiger partial charge in [0.2, 0.25) is 0 Å². The van der Waals surface area contributed by atoms with Crippen molar-refractivity contribution in [3.05, 3.63) is 118 Å². The molecule has 2 aromatic heterocycles. The van der Waals surface area contributed by atoms with Crippen LogP contribution in [-0.2, 0) is 13.0 Å². The highest BCUT2D eigenvalue weighted by molar-refractivity contribution is 5.48. The molecule has 0 atom stereocenters. The Hall–Kier alpha value is -3.73. The summed E-state index contributed by atoms with van der Waals surface area (Å²) < 4.78 is 16.1. The van der Waals surface area contributed by atoms with E-state index in [-0.39, 0.29) is 29.2 Å². The molecule has 2 aromatic carbocycles. The summed E-state index contributed by atoms with van der Waals surface area (Å²) in [6.07, 6.45) is 5.61. The Morgan fingerprint density at radius 3 is 2.45 bits per heavy atom. The molecule has 5 heteroatoms. The van der Waals surface area contributed by atoms with Crippen LogP contribution in [0.4, 0.5) is 4.39 Å². The zero-order valence-corrected chi connectivity index (χ0v) is 15.7. The van der Waals surface area contributed by atoms with Gasteiger partial charge in [0.1, 0.15) is 12.4 Å². The quantitative estimate of drug-likeness (QED) is 0.495. The number of halogens is 1. The average Bonchev–Trinajstić information content (AvgIpc) is 2.75. The Morgan fingerprint density at radius 1 is 0.966 bits per heavy atom. The number of rotatable bonds is 5. The molecule has 4 nitrogen and oxygen atoms in total. The Bertz CT molecular complexity index is 1230. The summed E-state index contributed by atoms with van der Waals surface area (Å²) in [5, 5.41) is 13.2. The highest BCUT2D eigenvalue weighted by Gasteiger charge is 2.17. The van der Waals surface area contributed by atoms with Gasteiger partial charge >= 0.3 is 5.56 Å². The average molecular weight is 386 g/mol. The van der Waals surface area contributed by atoms with Crippen LogP contribution in [0.5, 0.6) is 5.88 Å². The van der Waals surface area contributed by atoms with E-state index in [9.17, 15) is 14.3 Å². The first-order chi connectivity index (χ1) is 14.1. The minimum atomic E-state index is -0.298. The lowest BCUT2D eigenvalue weighted by atomic mass is 10.1. The molecule has 0 amide bonds. The van der Waals surface area contributed by atoms with Gasteiger partial charge in [-0.05, 0) is 35.4 Å². The van der Waals surface area contributed by atoms with Crippen molar-refractivity contribution < 1.29 is 14.1 Å². The van der Waals surface area contributed by atoms with Gasteiger partial charge in [0.15, 0.2) is 0 Å². The number of hydrogen-bond donors (Lipinski definition) is 0. The standard InChI is InChI=1S/C24H19FN2O2/c25-20-13-11-18(12-14-20)9-6-16-27-22-10-4-5-15-26(22)23(28)21(24(27)29)17-19-7-2-1-3-8-19/h1-15H,16-17H2/b9-6+. The summed E-state index contributed by atoms with van der Waals surface area (Å²) >= 11 is 0. The van der Waals surface area contributed by atoms with Gasteiger partial charge in [-0.25, -0.2) is 13.8 Å². The summed E-state index contributed by atoms with van der Waals surface area (Å²) in [5.74, 6) is -0.592. The first-order valence-electron chi connectivity index (χ1n) is 9.32. The van der Waals surface area contributed by atoms with Crippen molar-refractivity contribution in [2.75, 3.05) is 0 Å². The lowest BCUT2D eigenvalue weighted by Crippen LogP contribution is -2.44. The van der Waals surface area contributed by atoms with E-state index in [0.717, 1.165) is 11.1 Å². The molecule has 0 aliphatic carbocycles. The summed E-state index contributed by atoms with van der Waals surface area (Å²) in [6.45, 7) is 0.297. The van der Waals surface area contributed by atoms with Crippen molar-refractivity contribution in [2.45, 2.75) is 13.0 Å². The number of allylic oxidation sites excluding steroid dienone is 1. The van der Waals surface area contributed by atoms with Crippen molar-refractivity contribution in [3.63, 3.8) is 0 Å². The first-order valence-corrected chi connectivity index (χ1v) is 9.32. The van der Waals surface area contributed by atoms with Gasteiger partial charge in [0.25, 0.3) is 5.65 Å². The molecule has 29 heavy (non-hydrogen) atoms. The van der Waals surface area contributed by atoms with Gasteiger partial charge in [-0.2, -0.15) is 4.40 Å². The fraction of sp³-hybridized carbons (Fsp3) is 0.0833. The smallest absolute Gasteiger partial charge is 0.345 e. The van der Waals surface area contributed by atoms with E-state index in [4.69, 9.17) is 0 Å². The zero-order chi connectivity index (χ0) is 20.2. The van der Waals surface area contributed by atoms with Crippen molar-refractivity contribution in [1.29, 1.82) is 0 Å². The van der Waals surface area contributed by atoms with E-state index in [2.05, 4.69) is 0 Å². The van der Waals surface area contributed by atoms with Crippen molar-refractivity contribution in [3.8, 4) is 5.88 Å². The van der Waals surface area contributed by atoms with E-state index >= 15 is 0 Å². The van der Waals surface area contributed by atoms with Crippen LogP contribution in [0, 0.1) is 5.82 Å². The van der Waals surface area contributed by atoms with Crippen LogP contribution in [0.15, 0.2) is 89.9 Å². The monoisotopic (exact) mass is 386 g/mol. The van der Waals surface area contributed by atoms with E-state index < -0.39 is 0 Å². The van der Waals surface area contributed by atoms with Gasteiger partial charge in [-0.3, -0.25) is 0 Å². The minimum absolute atomic E-state index is 0.232. The largest absolute Gasteiger partial charge is 0.842 e. The molecule has 0 spiro atoms. The third-order valence-electron chi connectivity index (χ3n) is 4.79. The van der Waals surface area contributed by atoms with Crippen molar-refractivity contribution in [1.82, 2.24) is 4.40 Å². The van der Waals surface area contributed by atoms with Gasteiger partial charge in [0, 0.05) is 12.5 Å². The molecule has 144 valence electrons.